The average molecular weight is 307 g/mol. The van der Waals surface area contributed by atoms with Crippen molar-refractivity contribution in [2.45, 2.75) is 38.2 Å². The van der Waals surface area contributed by atoms with Crippen molar-refractivity contribution in [2.24, 2.45) is 5.92 Å². The first kappa shape index (κ1) is 16.4. The van der Waals surface area contributed by atoms with E-state index in [1.165, 1.54) is 5.56 Å². The topological polar surface area (TPSA) is 49.3 Å². The fourth-order valence-corrected chi connectivity index (χ4v) is 3.91. The van der Waals surface area contributed by atoms with Crippen molar-refractivity contribution in [3.05, 3.63) is 35.9 Å². The summed E-state index contributed by atoms with van der Waals surface area (Å²) in [5.41, 5.74) is 0.0719. The van der Waals surface area contributed by atoms with Crippen LogP contribution in [0, 0.1) is 5.92 Å². The first-order valence-corrected chi connectivity index (χ1v) is 8.82. The number of amides is 1. The lowest BCUT2D eigenvalue weighted by atomic mass is 9.88. The van der Waals surface area contributed by atoms with Gasteiger partial charge in [-0.05, 0) is 35.8 Å². The highest BCUT2D eigenvalue weighted by Crippen LogP contribution is 2.28. The Morgan fingerprint density at radius 3 is 2.48 bits per heavy atom. The molecule has 0 spiro atoms. The van der Waals surface area contributed by atoms with Gasteiger partial charge in [0, 0.05) is 12.5 Å². The SMILES string of the molecule is CC(C)C(CNC(=O)C1(O)CCSCC1)c1ccccc1. The molecule has 0 aliphatic carbocycles. The van der Waals surface area contributed by atoms with Gasteiger partial charge in [-0.1, -0.05) is 44.2 Å². The van der Waals surface area contributed by atoms with Crippen LogP contribution in [-0.4, -0.2) is 34.7 Å². The highest BCUT2D eigenvalue weighted by molar-refractivity contribution is 7.99. The van der Waals surface area contributed by atoms with E-state index in [9.17, 15) is 9.90 Å². The highest BCUT2D eigenvalue weighted by atomic mass is 32.2. The molecule has 1 fully saturated rings. The molecule has 2 N–H and O–H groups in total. The monoisotopic (exact) mass is 307 g/mol. The maximum Gasteiger partial charge on any atom is 0.252 e. The molecule has 4 heteroatoms. The van der Waals surface area contributed by atoms with Gasteiger partial charge in [0.25, 0.3) is 5.91 Å². The third-order valence-corrected chi connectivity index (χ3v) is 5.24. The molecule has 0 bridgehead atoms. The zero-order chi connectivity index (χ0) is 15.3. The number of benzene rings is 1. The molecule has 1 heterocycles. The minimum atomic E-state index is -1.16. The van der Waals surface area contributed by atoms with Crippen LogP contribution in [0.15, 0.2) is 30.3 Å². The third-order valence-electron chi connectivity index (χ3n) is 4.26. The van der Waals surface area contributed by atoms with Gasteiger partial charge in [0.1, 0.15) is 5.60 Å². The van der Waals surface area contributed by atoms with Crippen LogP contribution in [0.1, 0.15) is 38.2 Å². The molecular formula is C17H25NO2S. The molecule has 1 aromatic rings. The molecule has 1 atom stereocenters. The normalized spacial score (nSPS) is 19.2. The zero-order valence-electron chi connectivity index (χ0n) is 12.8. The Morgan fingerprint density at radius 2 is 1.90 bits per heavy atom. The Morgan fingerprint density at radius 1 is 1.29 bits per heavy atom. The molecule has 1 aliphatic heterocycles. The molecule has 1 amide bonds. The lowest BCUT2D eigenvalue weighted by molar-refractivity contribution is -0.140. The van der Waals surface area contributed by atoms with Crippen LogP contribution in [-0.2, 0) is 4.79 Å². The summed E-state index contributed by atoms with van der Waals surface area (Å²) in [6.07, 6.45) is 1.11. The molecule has 21 heavy (non-hydrogen) atoms. The van der Waals surface area contributed by atoms with E-state index in [1.807, 2.05) is 18.2 Å². The van der Waals surface area contributed by atoms with Crippen molar-refractivity contribution in [1.29, 1.82) is 0 Å². The maximum absolute atomic E-state index is 12.3. The van der Waals surface area contributed by atoms with E-state index in [-0.39, 0.29) is 11.8 Å². The summed E-state index contributed by atoms with van der Waals surface area (Å²) in [7, 11) is 0. The Kier molecular flexibility index (Phi) is 5.71. The summed E-state index contributed by atoms with van der Waals surface area (Å²) >= 11 is 1.80. The van der Waals surface area contributed by atoms with Gasteiger partial charge in [0.05, 0.1) is 0 Å². The molecule has 1 aliphatic rings. The summed E-state index contributed by atoms with van der Waals surface area (Å²) in [5.74, 6) is 2.22. The van der Waals surface area contributed by atoms with E-state index in [1.54, 1.807) is 11.8 Å². The standard InChI is InChI=1S/C17H25NO2S/c1-13(2)15(14-6-4-3-5-7-14)12-18-16(19)17(20)8-10-21-11-9-17/h3-7,13,15,20H,8-12H2,1-2H3,(H,18,19). The average Bonchev–Trinajstić information content (AvgIpc) is 2.48. The molecule has 1 unspecified atom stereocenters. The predicted octanol–water partition coefficient (Wildman–Crippen LogP) is 2.80. The first-order valence-electron chi connectivity index (χ1n) is 7.66. The molecule has 0 saturated carbocycles. The van der Waals surface area contributed by atoms with E-state index in [4.69, 9.17) is 0 Å². The van der Waals surface area contributed by atoms with Gasteiger partial charge in [-0.15, -0.1) is 0 Å². The Hall–Kier alpha value is -1.00. The van der Waals surface area contributed by atoms with Crippen LogP contribution in [0.5, 0.6) is 0 Å². The van der Waals surface area contributed by atoms with E-state index in [2.05, 4.69) is 31.3 Å². The lowest BCUT2D eigenvalue weighted by Gasteiger charge is -2.31. The number of nitrogens with one attached hydrogen (secondary N) is 1. The van der Waals surface area contributed by atoms with Gasteiger partial charge in [0.2, 0.25) is 0 Å². The van der Waals surface area contributed by atoms with E-state index in [0.717, 1.165) is 11.5 Å². The van der Waals surface area contributed by atoms with Gasteiger partial charge in [-0.25, -0.2) is 0 Å². The molecule has 1 saturated heterocycles. The summed E-state index contributed by atoms with van der Waals surface area (Å²) in [4.78, 5) is 12.3. The number of carbonyl (C=O) groups is 1. The van der Waals surface area contributed by atoms with Gasteiger partial charge in [-0.3, -0.25) is 4.79 Å². The van der Waals surface area contributed by atoms with Crippen LogP contribution in [0.25, 0.3) is 0 Å². The van der Waals surface area contributed by atoms with Crippen molar-refractivity contribution in [2.75, 3.05) is 18.1 Å². The number of aliphatic hydroxyl groups is 1. The van der Waals surface area contributed by atoms with E-state index in [0.29, 0.717) is 25.3 Å². The lowest BCUT2D eigenvalue weighted by Crippen LogP contribution is -2.50. The number of thioether (sulfide) groups is 1. The van der Waals surface area contributed by atoms with Gasteiger partial charge in [0.15, 0.2) is 0 Å². The highest BCUT2D eigenvalue weighted by Gasteiger charge is 2.37. The fraction of sp³-hybridized carbons (Fsp3) is 0.588. The predicted molar refractivity (Wildman–Crippen MR) is 88.5 cm³/mol. The third kappa shape index (κ3) is 4.24. The quantitative estimate of drug-likeness (QED) is 0.879. The van der Waals surface area contributed by atoms with Crippen molar-refractivity contribution in [3.63, 3.8) is 0 Å². The molecular weight excluding hydrogens is 282 g/mol. The maximum atomic E-state index is 12.3. The van der Waals surface area contributed by atoms with Gasteiger partial charge >= 0.3 is 0 Å². The van der Waals surface area contributed by atoms with E-state index < -0.39 is 5.60 Å². The van der Waals surface area contributed by atoms with E-state index >= 15 is 0 Å². The van der Waals surface area contributed by atoms with Crippen molar-refractivity contribution in [1.82, 2.24) is 5.32 Å². The van der Waals surface area contributed by atoms with Crippen LogP contribution in [0.4, 0.5) is 0 Å². The number of rotatable bonds is 5. The fourth-order valence-electron chi connectivity index (χ4n) is 2.74. The second kappa shape index (κ2) is 7.32. The van der Waals surface area contributed by atoms with Crippen LogP contribution in [0.2, 0.25) is 0 Å². The van der Waals surface area contributed by atoms with Crippen LogP contribution < -0.4 is 5.32 Å². The Bertz CT molecular complexity index is 455. The molecule has 3 nitrogen and oxygen atoms in total. The van der Waals surface area contributed by atoms with Crippen LogP contribution in [0.3, 0.4) is 0 Å². The number of carbonyl (C=O) groups excluding carboxylic acids is 1. The molecule has 0 radical (unpaired) electrons. The molecule has 0 aromatic heterocycles. The largest absolute Gasteiger partial charge is 0.380 e. The van der Waals surface area contributed by atoms with Crippen molar-refractivity contribution in [3.8, 4) is 0 Å². The summed E-state index contributed by atoms with van der Waals surface area (Å²) < 4.78 is 0. The van der Waals surface area contributed by atoms with Crippen molar-refractivity contribution >= 4 is 17.7 Å². The summed E-state index contributed by atoms with van der Waals surface area (Å²) in [5, 5.41) is 13.4. The smallest absolute Gasteiger partial charge is 0.252 e. The first-order chi connectivity index (χ1) is 10.0. The minimum Gasteiger partial charge on any atom is -0.380 e. The zero-order valence-corrected chi connectivity index (χ0v) is 13.7. The molecule has 1 aromatic carbocycles. The second-order valence-electron chi connectivity index (χ2n) is 6.12. The van der Waals surface area contributed by atoms with Crippen molar-refractivity contribution < 1.29 is 9.90 Å². The Labute approximate surface area is 131 Å². The minimum absolute atomic E-state index is 0.204. The Balaban J connectivity index is 1.97. The molecule has 116 valence electrons. The summed E-state index contributed by atoms with van der Waals surface area (Å²) in [6, 6.07) is 10.3. The van der Waals surface area contributed by atoms with Gasteiger partial charge < -0.3 is 10.4 Å². The van der Waals surface area contributed by atoms with Gasteiger partial charge in [-0.2, -0.15) is 11.8 Å². The number of hydrogen-bond donors (Lipinski definition) is 2. The van der Waals surface area contributed by atoms with Crippen LogP contribution >= 0.6 is 11.8 Å². The number of hydrogen-bond acceptors (Lipinski definition) is 3. The molecule has 2 rings (SSSR count). The summed E-state index contributed by atoms with van der Waals surface area (Å²) in [6.45, 7) is 4.90. The second-order valence-corrected chi connectivity index (χ2v) is 7.34.